The zero-order valence-electron chi connectivity index (χ0n) is 10.8. The molecular formula is C14H26N2. The molecule has 1 unspecified atom stereocenters. The Labute approximate surface area is 101 Å². The molecule has 1 rings (SSSR count). The van der Waals surface area contributed by atoms with Gasteiger partial charge in [0.2, 0.25) is 0 Å². The van der Waals surface area contributed by atoms with Gasteiger partial charge in [-0.05, 0) is 51.6 Å². The first-order valence-corrected chi connectivity index (χ1v) is 6.66. The van der Waals surface area contributed by atoms with Crippen LogP contribution in [0.15, 0.2) is 0 Å². The Hall–Kier alpha value is -0.520. The van der Waals surface area contributed by atoms with E-state index < -0.39 is 0 Å². The molecule has 92 valence electrons. The van der Waals surface area contributed by atoms with Crippen LogP contribution in [0.5, 0.6) is 0 Å². The summed E-state index contributed by atoms with van der Waals surface area (Å²) in [6, 6.07) is 0.635. The molecule has 16 heavy (non-hydrogen) atoms. The van der Waals surface area contributed by atoms with Crippen molar-refractivity contribution >= 4 is 0 Å². The molecule has 0 aromatic heterocycles. The third-order valence-corrected chi connectivity index (χ3v) is 3.33. The van der Waals surface area contributed by atoms with Crippen LogP contribution in [-0.4, -0.2) is 37.1 Å². The van der Waals surface area contributed by atoms with Crippen molar-refractivity contribution in [1.82, 2.24) is 10.2 Å². The lowest BCUT2D eigenvalue weighted by Crippen LogP contribution is -2.35. The van der Waals surface area contributed by atoms with Gasteiger partial charge in [0.1, 0.15) is 0 Å². The van der Waals surface area contributed by atoms with E-state index in [-0.39, 0.29) is 0 Å². The molecule has 1 N–H and O–H groups in total. The average molecular weight is 222 g/mol. The molecule has 0 spiro atoms. The van der Waals surface area contributed by atoms with Crippen LogP contribution in [0.4, 0.5) is 0 Å². The van der Waals surface area contributed by atoms with Gasteiger partial charge in [-0.2, -0.15) is 0 Å². The van der Waals surface area contributed by atoms with Crippen molar-refractivity contribution in [2.75, 3.05) is 26.2 Å². The maximum absolute atomic E-state index is 5.44. The first kappa shape index (κ1) is 13.5. The fourth-order valence-corrected chi connectivity index (χ4v) is 2.03. The smallest absolute Gasteiger partial charge is 0.0601 e. The van der Waals surface area contributed by atoms with Crippen LogP contribution < -0.4 is 5.32 Å². The van der Waals surface area contributed by atoms with E-state index in [1.807, 2.05) is 0 Å². The van der Waals surface area contributed by atoms with E-state index in [0.717, 1.165) is 25.6 Å². The molecule has 0 amide bonds. The number of hydrogen-bond acceptors (Lipinski definition) is 2. The molecule has 1 fully saturated rings. The predicted molar refractivity (Wildman–Crippen MR) is 70.4 cm³/mol. The highest BCUT2D eigenvalue weighted by atomic mass is 15.1. The molecule has 0 aromatic carbocycles. The Kier molecular flexibility index (Phi) is 6.52. The van der Waals surface area contributed by atoms with Gasteiger partial charge in [-0.3, -0.25) is 4.90 Å². The van der Waals surface area contributed by atoms with E-state index in [1.165, 1.54) is 32.2 Å². The van der Waals surface area contributed by atoms with E-state index in [0.29, 0.717) is 6.04 Å². The Morgan fingerprint density at radius 1 is 1.50 bits per heavy atom. The van der Waals surface area contributed by atoms with Crippen LogP contribution in [0, 0.1) is 18.3 Å². The van der Waals surface area contributed by atoms with Gasteiger partial charge in [0.15, 0.2) is 0 Å². The maximum atomic E-state index is 5.44. The fourth-order valence-electron chi connectivity index (χ4n) is 2.03. The number of rotatable bonds is 9. The van der Waals surface area contributed by atoms with Crippen LogP contribution in [0.1, 0.15) is 39.5 Å². The maximum Gasteiger partial charge on any atom is 0.0601 e. The van der Waals surface area contributed by atoms with Crippen LogP contribution in [0.25, 0.3) is 0 Å². The molecule has 0 bridgehead atoms. The summed E-state index contributed by atoms with van der Waals surface area (Å²) in [7, 11) is 0. The third-order valence-electron chi connectivity index (χ3n) is 3.33. The monoisotopic (exact) mass is 222 g/mol. The summed E-state index contributed by atoms with van der Waals surface area (Å²) in [6.45, 7) is 8.71. The van der Waals surface area contributed by atoms with E-state index in [2.05, 4.69) is 30.0 Å². The standard InChI is InChI=1S/C14H26N2/c1-4-11-16(12-14-8-9-14)13(3)7-6-10-15-5-2/h1,13-15H,5-12H2,2-3H3. The highest BCUT2D eigenvalue weighted by Gasteiger charge is 2.25. The number of nitrogens with one attached hydrogen (secondary N) is 1. The van der Waals surface area contributed by atoms with Crippen molar-refractivity contribution in [3.63, 3.8) is 0 Å². The van der Waals surface area contributed by atoms with Gasteiger partial charge in [0, 0.05) is 12.6 Å². The van der Waals surface area contributed by atoms with Gasteiger partial charge in [-0.15, -0.1) is 6.42 Å². The minimum absolute atomic E-state index is 0.635. The average Bonchev–Trinajstić information content (AvgIpc) is 3.07. The van der Waals surface area contributed by atoms with E-state index >= 15 is 0 Å². The second kappa shape index (κ2) is 7.70. The Balaban J connectivity index is 2.17. The second-order valence-electron chi connectivity index (χ2n) is 4.92. The van der Waals surface area contributed by atoms with Gasteiger partial charge in [0.05, 0.1) is 6.54 Å². The first-order chi connectivity index (χ1) is 7.77. The van der Waals surface area contributed by atoms with Crippen LogP contribution in [-0.2, 0) is 0 Å². The largest absolute Gasteiger partial charge is 0.317 e. The lowest BCUT2D eigenvalue weighted by molar-refractivity contribution is 0.212. The van der Waals surface area contributed by atoms with Crippen molar-refractivity contribution in [2.45, 2.75) is 45.6 Å². The molecule has 1 aliphatic carbocycles. The molecule has 1 atom stereocenters. The normalized spacial score (nSPS) is 17.4. The van der Waals surface area contributed by atoms with Crippen LogP contribution in [0.3, 0.4) is 0 Å². The summed E-state index contributed by atoms with van der Waals surface area (Å²) in [5.74, 6) is 3.73. The molecule has 0 aliphatic heterocycles. The van der Waals surface area contributed by atoms with E-state index in [9.17, 15) is 0 Å². The predicted octanol–water partition coefficient (Wildman–Crippen LogP) is 2.11. The van der Waals surface area contributed by atoms with E-state index in [4.69, 9.17) is 6.42 Å². The topological polar surface area (TPSA) is 15.3 Å². The summed E-state index contributed by atoms with van der Waals surface area (Å²) in [4.78, 5) is 2.48. The van der Waals surface area contributed by atoms with Crippen molar-refractivity contribution < 1.29 is 0 Å². The van der Waals surface area contributed by atoms with Gasteiger partial charge in [-0.25, -0.2) is 0 Å². The number of nitrogens with zero attached hydrogens (tertiary/aromatic N) is 1. The molecule has 0 heterocycles. The molecule has 0 radical (unpaired) electrons. The number of hydrogen-bond donors (Lipinski definition) is 1. The molecule has 2 heteroatoms. The SMILES string of the molecule is C#CCN(CC1CC1)C(C)CCCNCC. The molecule has 1 aliphatic rings. The van der Waals surface area contributed by atoms with Gasteiger partial charge in [-0.1, -0.05) is 12.8 Å². The summed E-state index contributed by atoms with van der Waals surface area (Å²) >= 11 is 0. The van der Waals surface area contributed by atoms with Gasteiger partial charge in [0.25, 0.3) is 0 Å². The number of terminal acetylenes is 1. The molecule has 0 aromatic rings. The van der Waals surface area contributed by atoms with Crippen molar-refractivity contribution in [2.24, 2.45) is 5.92 Å². The minimum Gasteiger partial charge on any atom is -0.317 e. The summed E-state index contributed by atoms with van der Waals surface area (Å²) in [5.41, 5.74) is 0. The third kappa shape index (κ3) is 5.53. The zero-order valence-corrected chi connectivity index (χ0v) is 10.8. The fraction of sp³-hybridized carbons (Fsp3) is 0.857. The lowest BCUT2D eigenvalue weighted by Gasteiger charge is -2.27. The minimum atomic E-state index is 0.635. The highest BCUT2D eigenvalue weighted by molar-refractivity contribution is 4.91. The Bertz CT molecular complexity index is 215. The summed E-state index contributed by atoms with van der Waals surface area (Å²) in [6.07, 6.45) is 10.8. The zero-order chi connectivity index (χ0) is 11.8. The van der Waals surface area contributed by atoms with Crippen molar-refractivity contribution in [3.05, 3.63) is 0 Å². The second-order valence-corrected chi connectivity index (χ2v) is 4.92. The lowest BCUT2D eigenvalue weighted by atomic mass is 10.1. The molecule has 2 nitrogen and oxygen atoms in total. The Morgan fingerprint density at radius 3 is 2.81 bits per heavy atom. The molecular weight excluding hydrogens is 196 g/mol. The van der Waals surface area contributed by atoms with Gasteiger partial charge >= 0.3 is 0 Å². The Morgan fingerprint density at radius 2 is 2.25 bits per heavy atom. The van der Waals surface area contributed by atoms with Crippen molar-refractivity contribution in [1.29, 1.82) is 0 Å². The highest BCUT2D eigenvalue weighted by Crippen LogP contribution is 2.30. The van der Waals surface area contributed by atoms with Gasteiger partial charge < -0.3 is 5.32 Å². The quantitative estimate of drug-likeness (QED) is 0.475. The van der Waals surface area contributed by atoms with Crippen molar-refractivity contribution in [3.8, 4) is 12.3 Å². The van der Waals surface area contributed by atoms with Crippen LogP contribution in [0.2, 0.25) is 0 Å². The summed E-state index contributed by atoms with van der Waals surface area (Å²) < 4.78 is 0. The molecule has 0 saturated heterocycles. The molecule has 1 saturated carbocycles. The van der Waals surface area contributed by atoms with Crippen LogP contribution >= 0.6 is 0 Å². The van der Waals surface area contributed by atoms with E-state index in [1.54, 1.807) is 0 Å². The first-order valence-electron chi connectivity index (χ1n) is 6.66. The summed E-state index contributed by atoms with van der Waals surface area (Å²) in [5, 5.41) is 3.37.